The highest BCUT2D eigenvalue weighted by atomic mass is 16.5. The monoisotopic (exact) mass is 550 g/mol. The summed E-state index contributed by atoms with van der Waals surface area (Å²) in [6.45, 7) is 0. The zero-order chi connectivity index (χ0) is 29.0. The van der Waals surface area contributed by atoms with E-state index in [1.54, 1.807) is 0 Å². The van der Waals surface area contributed by atoms with Crippen LogP contribution in [0.15, 0.2) is 48.5 Å². The quantitative estimate of drug-likeness (QED) is 0.0901. The fraction of sp³-hybridized carbons (Fsp3) is 0.529. The van der Waals surface area contributed by atoms with Gasteiger partial charge in [0.15, 0.2) is 11.6 Å². The first-order valence-corrected chi connectivity index (χ1v) is 14.8. The van der Waals surface area contributed by atoms with E-state index in [9.17, 15) is 19.2 Å². The van der Waals surface area contributed by atoms with Crippen LogP contribution >= 0.6 is 0 Å². The maximum absolute atomic E-state index is 12.5. The molecule has 0 heterocycles. The lowest BCUT2D eigenvalue weighted by Gasteiger charge is -2.06. The molecule has 0 radical (unpaired) electrons. The summed E-state index contributed by atoms with van der Waals surface area (Å²) in [4.78, 5) is 47.3. The number of aryl methyl sites for hydroxylation is 2. The smallest absolute Gasteiger partial charge is 0.305 e. The number of esters is 2. The highest BCUT2D eigenvalue weighted by Crippen LogP contribution is 2.16. The molecule has 0 aromatic heterocycles. The number of methoxy groups -OCH3 is 2. The Kier molecular flexibility index (Phi) is 16.2. The summed E-state index contributed by atoms with van der Waals surface area (Å²) in [5.74, 6) is 0.0395. The molecular formula is C34H46O6. The minimum absolute atomic E-state index is 0.170. The largest absolute Gasteiger partial charge is 0.469 e. The maximum atomic E-state index is 12.5. The van der Waals surface area contributed by atoms with Crippen LogP contribution in [0.5, 0.6) is 0 Å². The lowest BCUT2D eigenvalue weighted by Crippen LogP contribution is -2.01. The summed E-state index contributed by atoms with van der Waals surface area (Å²) in [5, 5.41) is 0. The van der Waals surface area contributed by atoms with E-state index in [1.807, 2.05) is 48.5 Å². The van der Waals surface area contributed by atoms with Crippen LogP contribution in [-0.2, 0) is 31.9 Å². The summed E-state index contributed by atoms with van der Waals surface area (Å²) in [6.07, 6.45) is 13.3. The third kappa shape index (κ3) is 13.7. The Hall–Kier alpha value is -3.28. The molecule has 0 bridgehead atoms. The SMILES string of the molecule is COC(=O)CCCCc1ccc(C(=O)CCCCCCCCC(=O)c2ccc(CCCCC(=O)OC)cc2)cc1. The number of ketones is 2. The van der Waals surface area contributed by atoms with Crippen LogP contribution in [0.25, 0.3) is 0 Å². The van der Waals surface area contributed by atoms with E-state index in [-0.39, 0.29) is 23.5 Å². The normalized spacial score (nSPS) is 10.8. The lowest BCUT2D eigenvalue weighted by molar-refractivity contribution is -0.141. The van der Waals surface area contributed by atoms with Gasteiger partial charge in [-0.15, -0.1) is 0 Å². The van der Waals surface area contributed by atoms with E-state index in [0.717, 1.165) is 88.2 Å². The number of carbonyl (C=O) groups excluding carboxylic acids is 4. The minimum atomic E-state index is -0.170. The Balaban J connectivity index is 1.51. The molecule has 6 nitrogen and oxygen atoms in total. The van der Waals surface area contributed by atoms with Crippen LogP contribution in [0.4, 0.5) is 0 Å². The third-order valence-corrected chi connectivity index (χ3v) is 7.26. The van der Waals surface area contributed by atoms with Gasteiger partial charge in [0.25, 0.3) is 0 Å². The summed E-state index contributed by atoms with van der Waals surface area (Å²) < 4.78 is 9.31. The van der Waals surface area contributed by atoms with Crippen molar-refractivity contribution in [1.29, 1.82) is 0 Å². The van der Waals surface area contributed by atoms with Gasteiger partial charge in [-0.3, -0.25) is 19.2 Å². The summed E-state index contributed by atoms with van der Waals surface area (Å²) in [7, 11) is 2.82. The van der Waals surface area contributed by atoms with Crippen LogP contribution in [0.1, 0.15) is 122 Å². The molecule has 0 aliphatic rings. The lowest BCUT2D eigenvalue weighted by atomic mass is 9.99. The predicted molar refractivity (Wildman–Crippen MR) is 158 cm³/mol. The van der Waals surface area contributed by atoms with Gasteiger partial charge < -0.3 is 9.47 Å². The van der Waals surface area contributed by atoms with Gasteiger partial charge in [0.2, 0.25) is 0 Å². The first-order chi connectivity index (χ1) is 19.4. The van der Waals surface area contributed by atoms with Crippen molar-refractivity contribution in [2.75, 3.05) is 14.2 Å². The summed E-state index contributed by atoms with van der Waals surface area (Å²) in [6, 6.07) is 15.7. The zero-order valence-electron chi connectivity index (χ0n) is 24.4. The minimum Gasteiger partial charge on any atom is -0.469 e. The van der Waals surface area contributed by atoms with Gasteiger partial charge in [0, 0.05) is 36.8 Å². The van der Waals surface area contributed by atoms with E-state index in [4.69, 9.17) is 0 Å². The first kappa shape index (κ1) is 32.9. The Morgan fingerprint density at radius 3 is 1.12 bits per heavy atom. The zero-order valence-corrected chi connectivity index (χ0v) is 24.4. The molecule has 2 aromatic rings. The molecule has 2 aromatic carbocycles. The molecule has 6 heteroatoms. The molecule has 2 rings (SSSR count). The third-order valence-electron chi connectivity index (χ3n) is 7.26. The van der Waals surface area contributed by atoms with E-state index in [0.29, 0.717) is 25.7 Å². The van der Waals surface area contributed by atoms with Crippen molar-refractivity contribution in [2.24, 2.45) is 0 Å². The van der Waals surface area contributed by atoms with Crippen LogP contribution in [0.2, 0.25) is 0 Å². The van der Waals surface area contributed by atoms with Crippen LogP contribution in [0.3, 0.4) is 0 Å². The Morgan fingerprint density at radius 2 is 0.775 bits per heavy atom. The number of benzene rings is 2. The molecule has 0 amide bonds. The van der Waals surface area contributed by atoms with Gasteiger partial charge >= 0.3 is 11.9 Å². The molecule has 218 valence electrons. The van der Waals surface area contributed by atoms with Gasteiger partial charge in [0.05, 0.1) is 14.2 Å². The molecule has 0 saturated heterocycles. The van der Waals surface area contributed by atoms with E-state index in [2.05, 4.69) is 9.47 Å². The molecule has 0 aliphatic heterocycles. The second-order valence-electron chi connectivity index (χ2n) is 10.4. The van der Waals surface area contributed by atoms with E-state index >= 15 is 0 Å². The Labute approximate surface area is 239 Å². The highest BCUT2D eigenvalue weighted by Gasteiger charge is 2.08. The number of hydrogen-bond acceptors (Lipinski definition) is 6. The molecule has 0 saturated carbocycles. The Bertz CT molecular complexity index is 954. The molecule has 0 spiro atoms. The van der Waals surface area contributed by atoms with Crippen molar-refractivity contribution in [1.82, 2.24) is 0 Å². The van der Waals surface area contributed by atoms with Gasteiger partial charge in [-0.2, -0.15) is 0 Å². The van der Waals surface area contributed by atoms with Crippen molar-refractivity contribution in [3.05, 3.63) is 70.8 Å². The molecule has 40 heavy (non-hydrogen) atoms. The summed E-state index contributed by atoms with van der Waals surface area (Å²) >= 11 is 0. The number of ether oxygens (including phenoxy) is 2. The number of hydrogen-bond donors (Lipinski definition) is 0. The van der Waals surface area contributed by atoms with Crippen molar-refractivity contribution >= 4 is 23.5 Å². The summed E-state index contributed by atoms with van der Waals surface area (Å²) in [5.41, 5.74) is 3.90. The van der Waals surface area contributed by atoms with Crippen molar-refractivity contribution in [2.45, 2.75) is 103 Å². The molecule has 0 atom stereocenters. The van der Waals surface area contributed by atoms with Crippen molar-refractivity contribution in [3.8, 4) is 0 Å². The number of rotatable bonds is 21. The molecule has 0 fully saturated rings. The first-order valence-electron chi connectivity index (χ1n) is 14.8. The van der Waals surface area contributed by atoms with Crippen LogP contribution < -0.4 is 0 Å². The van der Waals surface area contributed by atoms with Crippen LogP contribution in [0, 0.1) is 0 Å². The number of Topliss-reactive ketones (excluding diaryl/α,β-unsaturated/α-hetero) is 2. The molecule has 0 N–H and O–H groups in total. The standard InChI is InChI=1S/C34H46O6/c1-39-33(37)17-11-9-13-27-19-23-29(24-20-27)31(35)15-7-5-3-4-6-8-16-32(36)30-25-21-28(22-26-30)14-10-12-18-34(38)40-2/h19-26H,3-18H2,1-2H3. The maximum Gasteiger partial charge on any atom is 0.305 e. The van der Waals surface area contributed by atoms with E-state index < -0.39 is 0 Å². The van der Waals surface area contributed by atoms with E-state index in [1.165, 1.54) is 25.3 Å². The fourth-order valence-electron chi connectivity index (χ4n) is 4.68. The fourth-order valence-corrected chi connectivity index (χ4v) is 4.68. The second kappa shape index (κ2) is 19.7. The second-order valence-corrected chi connectivity index (χ2v) is 10.4. The molecule has 0 aliphatic carbocycles. The van der Waals surface area contributed by atoms with Gasteiger partial charge in [-0.05, 0) is 62.5 Å². The highest BCUT2D eigenvalue weighted by molar-refractivity contribution is 5.96. The van der Waals surface area contributed by atoms with Crippen molar-refractivity contribution < 1.29 is 28.7 Å². The topological polar surface area (TPSA) is 86.7 Å². The van der Waals surface area contributed by atoms with Crippen molar-refractivity contribution in [3.63, 3.8) is 0 Å². The average molecular weight is 551 g/mol. The van der Waals surface area contributed by atoms with Gasteiger partial charge in [-0.1, -0.05) is 74.2 Å². The van der Waals surface area contributed by atoms with Gasteiger partial charge in [-0.25, -0.2) is 0 Å². The number of carbonyl (C=O) groups is 4. The average Bonchev–Trinajstić information content (AvgIpc) is 2.98. The Morgan fingerprint density at radius 1 is 0.450 bits per heavy atom. The van der Waals surface area contributed by atoms with Crippen LogP contribution in [-0.4, -0.2) is 37.7 Å². The predicted octanol–water partition coefficient (Wildman–Crippen LogP) is 7.64. The van der Waals surface area contributed by atoms with Gasteiger partial charge in [0.1, 0.15) is 0 Å². The molecular weight excluding hydrogens is 504 g/mol. The number of unbranched alkanes of at least 4 members (excludes halogenated alkanes) is 7. The molecule has 0 unspecified atom stereocenters.